The number of esters is 1. The van der Waals surface area contributed by atoms with E-state index in [1.165, 1.54) is 18.2 Å². The van der Waals surface area contributed by atoms with Crippen molar-refractivity contribution in [3.05, 3.63) is 71.3 Å². The van der Waals surface area contributed by atoms with Gasteiger partial charge in [0.1, 0.15) is 0 Å². The quantitative estimate of drug-likeness (QED) is 0.478. The second-order valence-electron chi connectivity index (χ2n) is 5.76. The Morgan fingerprint density at radius 1 is 1.11 bits per heavy atom. The summed E-state index contributed by atoms with van der Waals surface area (Å²) in [5, 5.41) is 10.5. The zero-order valence-corrected chi connectivity index (χ0v) is 14.3. The lowest BCUT2D eigenvalue weighted by molar-refractivity contribution is -0.253. The molecule has 0 heterocycles. The van der Waals surface area contributed by atoms with E-state index in [0.717, 1.165) is 5.56 Å². The van der Waals surface area contributed by atoms with E-state index in [9.17, 15) is 23.1 Å². The van der Waals surface area contributed by atoms with E-state index in [4.69, 9.17) is 5.73 Å². The number of hydrogen-bond acceptors (Lipinski definition) is 4. The van der Waals surface area contributed by atoms with Gasteiger partial charge in [0.15, 0.2) is 0 Å². The zero-order valence-electron chi connectivity index (χ0n) is 14.3. The van der Waals surface area contributed by atoms with Crippen LogP contribution in [-0.2, 0) is 21.7 Å². The molecular formula is C20H18F3NO3. The maximum atomic E-state index is 12.5. The number of carbonyl (C=O) groups is 1. The molecule has 27 heavy (non-hydrogen) atoms. The fraction of sp³-hybridized carbons (Fsp3) is 0.250. The van der Waals surface area contributed by atoms with Crippen LogP contribution >= 0.6 is 0 Å². The zero-order chi connectivity index (χ0) is 19.9. The maximum Gasteiger partial charge on any atom is 0.491 e. The molecule has 0 amide bonds. The number of halogens is 3. The van der Waals surface area contributed by atoms with Crippen LogP contribution in [0.4, 0.5) is 13.2 Å². The maximum absolute atomic E-state index is 12.5. The second-order valence-corrected chi connectivity index (χ2v) is 5.76. The van der Waals surface area contributed by atoms with E-state index in [1.54, 1.807) is 6.07 Å². The average molecular weight is 377 g/mol. The van der Waals surface area contributed by atoms with Crippen LogP contribution in [0.2, 0.25) is 0 Å². The van der Waals surface area contributed by atoms with E-state index in [-0.39, 0.29) is 12.1 Å². The Kier molecular flexibility index (Phi) is 6.61. The summed E-state index contributed by atoms with van der Waals surface area (Å²) in [7, 11) is 0. The predicted octanol–water partition coefficient (Wildman–Crippen LogP) is 2.88. The third-order valence-corrected chi connectivity index (χ3v) is 3.66. The van der Waals surface area contributed by atoms with Gasteiger partial charge in [-0.15, -0.1) is 0 Å². The molecule has 0 aliphatic carbocycles. The lowest BCUT2D eigenvalue weighted by Crippen LogP contribution is -2.39. The molecule has 4 nitrogen and oxygen atoms in total. The van der Waals surface area contributed by atoms with Crippen LogP contribution in [0.25, 0.3) is 0 Å². The molecule has 0 aliphatic heterocycles. The summed E-state index contributed by atoms with van der Waals surface area (Å²) in [5.74, 6) is 0.851. The smallest absolute Gasteiger partial charge is 0.422 e. The Labute approximate surface area is 154 Å². The van der Waals surface area contributed by atoms with Gasteiger partial charge >= 0.3 is 12.1 Å². The molecule has 0 radical (unpaired) electrons. The van der Waals surface area contributed by atoms with Gasteiger partial charge in [0.05, 0.1) is 0 Å². The molecule has 1 atom stereocenters. The fourth-order valence-electron chi connectivity index (χ4n) is 2.35. The van der Waals surface area contributed by atoms with E-state index in [1.807, 2.05) is 30.3 Å². The normalized spacial score (nSPS) is 13.2. The summed E-state index contributed by atoms with van der Waals surface area (Å²) in [6, 6.07) is 15.4. The molecule has 2 rings (SSSR count). The average Bonchev–Trinajstić information content (AvgIpc) is 2.62. The summed E-state index contributed by atoms with van der Waals surface area (Å²) in [6.45, 7) is -0.189. The Balaban J connectivity index is 2.23. The van der Waals surface area contributed by atoms with Gasteiger partial charge in [-0.2, -0.15) is 13.2 Å². The third-order valence-electron chi connectivity index (χ3n) is 3.66. The first kappa shape index (κ1) is 20.5. The summed E-state index contributed by atoms with van der Waals surface area (Å²) in [6.07, 6.45) is -5.13. The number of alkyl halides is 3. The van der Waals surface area contributed by atoms with Crippen LogP contribution in [0.15, 0.2) is 54.6 Å². The lowest BCUT2D eigenvalue weighted by atomic mass is 10.00. The predicted molar refractivity (Wildman–Crippen MR) is 93.2 cm³/mol. The SMILES string of the molecule is NCCC(O)(OC(=O)C(F)(F)F)c1cccc(C#CCc2ccccc2)c1. The van der Waals surface area contributed by atoms with Gasteiger partial charge in [-0.3, -0.25) is 0 Å². The van der Waals surface area contributed by atoms with Gasteiger partial charge in [0, 0.05) is 24.0 Å². The van der Waals surface area contributed by atoms with Crippen molar-refractivity contribution in [2.75, 3.05) is 6.54 Å². The summed E-state index contributed by atoms with van der Waals surface area (Å²) < 4.78 is 41.8. The van der Waals surface area contributed by atoms with Crippen molar-refractivity contribution in [2.24, 2.45) is 5.73 Å². The minimum Gasteiger partial charge on any atom is -0.422 e. The Hall–Kier alpha value is -2.82. The number of rotatable bonds is 5. The number of carbonyl (C=O) groups excluding carboxylic acids is 1. The molecule has 0 spiro atoms. The number of benzene rings is 2. The van der Waals surface area contributed by atoms with Crippen LogP contribution in [0.3, 0.4) is 0 Å². The summed E-state index contributed by atoms with van der Waals surface area (Å²) >= 11 is 0. The van der Waals surface area contributed by atoms with Crippen LogP contribution in [0.1, 0.15) is 23.1 Å². The molecule has 3 N–H and O–H groups in total. The van der Waals surface area contributed by atoms with E-state index in [2.05, 4.69) is 16.6 Å². The lowest BCUT2D eigenvalue weighted by Gasteiger charge is -2.28. The van der Waals surface area contributed by atoms with Gasteiger partial charge < -0.3 is 15.6 Å². The minimum atomic E-state index is -5.23. The molecule has 7 heteroatoms. The molecule has 2 aromatic rings. The topological polar surface area (TPSA) is 72.6 Å². The highest BCUT2D eigenvalue weighted by atomic mass is 19.4. The largest absolute Gasteiger partial charge is 0.491 e. The highest BCUT2D eigenvalue weighted by Crippen LogP contribution is 2.30. The number of ether oxygens (including phenoxy) is 1. The number of hydrogen-bond donors (Lipinski definition) is 2. The first-order chi connectivity index (χ1) is 12.7. The van der Waals surface area contributed by atoms with E-state index >= 15 is 0 Å². The molecule has 0 fully saturated rings. The monoisotopic (exact) mass is 377 g/mol. The Morgan fingerprint density at radius 2 is 1.81 bits per heavy atom. The van der Waals surface area contributed by atoms with Crippen LogP contribution < -0.4 is 5.73 Å². The molecule has 2 aromatic carbocycles. The molecular weight excluding hydrogens is 359 g/mol. The third kappa shape index (κ3) is 5.84. The molecule has 0 aromatic heterocycles. The van der Waals surface area contributed by atoms with Crippen LogP contribution in [0.5, 0.6) is 0 Å². The molecule has 0 saturated carbocycles. The first-order valence-corrected chi connectivity index (χ1v) is 8.10. The molecule has 0 saturated heterocycles. The summed E-state index contributed by atoms with van der Waals surface area (Å²) in [4.78, 5) is 11.2. The highest BCUT2D eigenvalue weighted by molar-refractivity contribution is 5.76. The Bertz CT molecular complexity index is 841. The van der Waals surface area contributed by atoms with Crippen molar-refractivity contribution < 1.29 is 27.8 Å². The van der Waals surface area contributed by atoms with Crippen molar-refractivity contribution in [1.82, 2.24) is 0 Å². The van der Waals surface area contributed by atoms with E-state index in [0.29, 0.717) is 12.0 Å². The first-order valence-electron chi connectivity index (χ1n) is 8.10. The molecule has 142 valence electrons. The van der Waals surface area contributed by atoms with Crippen molar-refractivity contribution in [2.45, 2.75) is 24.8 Å². The van der Waals surface area contributed by atoms with Crippen molar-refractivity contribution in [3.63, 3.8) is 0 Å². The Morgan fingerprint density at radius 3 is 2.44 bits per heavy atom. The van der Waals surface area contributed by atoms with Crippen molar-refractivity contribution >= 4 is 5.97 Å². The van der Waals surface area contributed by atoms with Gasteiger partial charge in [-0.25, -0.2) is 4.79 Å². The van der Waals surface area contributed by atoms with Gasteiger partial charge in [0.25, 0.3) is 0 Å². The van der Waals surface area contributed by atoms with Crippen molar-refractivity contribution in [3.8, 4) is 11.8 Å². The number of aliphatic hydroxyl groups is 1. The van der Waals surface area contributed by atoms with Crippen molar-refractivity contribution in [1.29, 1.82) is 0 Å². The molecule has 0 bridgehead atoms. The van der Waals surface area contributed by atoms with Crippen LogP contribution in [0, 0.1) is 11.8 Å². The van der Waals surface area contributed by atoms with Gasteiger partial charge in [0.2, 0.25) is 5.79 Å². The molecule has 1 unspecified atom stereocenters. The van der Waals surface area contributed by atoms with Gasteiger partial charge in [-0.05, 0) is 24.2 Å². The second kappa shape index (κ2) is 8.71. The molecule has 0 aliphatic rings. The van der Waals surface area contributed by atoms with Gasteiger partial charge in [-0.1, -0.05) is 54.3 Å². The van der Waals surface area contributed by atoms with Crippen LogP contribution in [-0.4, -0.2) is 23.8 Å². The fourth-order valence-corrected chi connectivity index (χ4v) is 2.35. The number of nitrogens with two attached hydrogens (primary N) is 1. The summed E-state index contributed by atoms with van der Waals surface area (Å²) in [5.41, 5.74) is 6.80. The minimum absolute atomic E-state index is 0.0305. The standard InChI is InChI=1S/C20H18F3NO3/c21-20(22,23)18(25)27-19(26,12-13-24)17-11-5-10-16(14-17)9-4-8-15-6-2-1-3-7-15/h1-3,5-7,10-11,14,26H,8,12-13,24H2. The van der Waals surface area contributed by atoms with E-state index < -0.39 is 24.4 Å². The highest BCUT2D eigenvalue weighted by Gasteiger charge is 2.46.